The SMILES string of the molecule is CNC(=O)[C@@H](C)N(Cc1ccc(Br)cc1)C(=O)Cc1ccc(Cl)c(Cl)c1. The van der Waals surface area contributed by atoms with Gasteiger partial charge >= 0.3 is 0 Å². The van der Waals surface area contributed by atoms with E-state index in [0.717, 1.165) is 15.6 Å². The van der Waals surface area contributed by atoms with E-state index in [0.29, 0.717) is 16.6 Å². The molecule has 0 bridgehead atoms. The van der Waals surface area contributed by atoms with Crippen LogP contribution in [0.25, 0.3) is 0 Å². The third-order valence-corrected chi connectivity index (χ3v) is 5.29. The Morgan fingerprint density at radius 3 is 2.27 bits per heavy atom. The summed E-state index contributed by atoms with van der Waals surface area (Å²) in [7, 11) is 1.56. The van der Waals surface area contributed by atoms with Crippen LogP contribution < -0.4 is 5.32 Å². The number of benzene rings is 2. The van der Waals surface area contributed by atoms with Crippen LogP contribution in [0.5, 0.6) is 0 Å². The number of hydrogen-bond donors (Lipinski definition) is 1. The lowest BCUT2D eigenvalue weighted by Gasteiger charge is -2.28. The number of nitrogens with zero attached hydrogens (tertiary/aromatic N) is 1. The topological polar surface area (TPSA) is 49.4 Å². The molecule has 0 saturated heterocycles. The highest BCUT2D eigenvalue weighted by Gasteiger charge is 2.25. The summed E-state index contributed by atoms with van der Waals surface area (Å²) in [6.45, 7) is 2.05. The molecule has 2 amide bonds. The number of likely N-dealkylation sites (N-methyl/N-ethyl adjacent to an activating group) is 1. The van der Waals surface area contributed by atoms with Crippen molar-refractivity contribution >= 4 is 50.9 Å². The summed E-state index contributed by atoms with van der Waals surface area (Å²) in [6, 6.07) is 12.1. The number of carbonyl (C=O) groups excluding carboxylic acids is 2. The van der Waals surface area contributed by atoms with E-state index in [4.69, 9.17) is 23.2 Å². The summed E-state index contributed by atoms with van der Waals surface area (Å²) in [5.41, 5.74) is 1.68. The predicted octanol–water partition coefficient (Wildman–Crippen LogP) is 4.46. The highest BCUT2D eigenvalue weighted by molar-refractivity contribution is 9.10. The lowest BCUT2D eigenvalue weighted by molar-refractivity contribution is -0.139. The first-order valence-corrected chi connectivity index (χ1v) is 9.56. The van der Waals surface area contributed by atoms with Crippen LogP contribution in [0.3, 0.4) is 0 Å². The normalized spacial score (nSPS) is 11.7. The van der Waals surface area contributed by atoms with Gasteiger partial charge in [-0.25, -0.2) is 0 Å². The second-order valence-corrected chi connectivity index (χ2v) is 7.59. The molecule has 26 heavy (non-hydrogen) atoms. The Bertz CT molecular complexity index is 797. The van der Waals surface area contributed by atoms with Crippen molar-refractivity contribution in [2.75, 3.05) is 7.05 Å². The molecule has 2 aromatic rings. The van der Waals surface area contributed by atoms with Gasteiger partial charge in [0.05, 0.1) is 16.5 Å². The molecule has 4 nitrogen and oxygen atoms in total. The van der Waals surface area contributed by atoms with Gasteiger partial charge in [0.15, 0.2) is 0 Å². The number of rotatable bonds is 6. The van der Waals surface area contributed by atoms with Crippen LogP contribution in [-0.4, -0.2) is 29.8 Å². The highest BCUT2D eigenvalue weighted by atomic mass is 79.9. The average Bonchev–Trinajstić information content (AvgIpc) is 2.63. The van der Waals surface area contributed by atoms with Crippen molar-refractivity contribution in [3.63, 3.8) is 0 Å². The zero-order chi connectivity index (χ0) is 19.3. The minimum atomic E-state index is -0.598. The molecule has 2 rings (SSSR count). The van der Waals surface area contributed by atoms with E-state index in [1.807, 2.05) is 24.3 Å². The zero-order valence-electron chi connectivity index (χ0n) is 14.4. The van der Waals surface area contributed by atoms with Crippen molar-refractivity contribution in [2.45, 2.75) is 25.9 Å². The van der Waals surface area contributed by atoms with Gasteiger partial charge in [0.25, 0.3) is 0 Å². The minimum Gasteiger partial charge on any atom is -0.357 e. The van der Waals surface area contributed by atoms with Crippen LogP contribution in [0, 0.1) is 0 Å². The van der Waals surface area contributed by atoms with E-state index in [1.165, 1.54) is 0 Å². The van der Waals surface area contributed by atoms with Gasteiger partial charge in [-0.05, 0) is 42.3 Å². The van der Waals surface area contributed by atoms with E-state index in [-0.39, 0.29) is 18.2 Å². The molecule has 0 radical (unpaired) electrons. The summed E-state index contributed by atoms with van der Waals surface area (Å²) in [4.78, 5) is 26.6. The van der Waals surface area contributed by atoms with Crippen molar-refractivity contribution in [1.82, 2.24) is 10.2 Å². The lowest BCUT2D eigenvalue weighted by atomic mass is 10.1. The van der Waals surface area contributed by atoms with Gasteiger partial charge in [-0.15, -0.1) is 0 Å². The first kappa shape index (κ1) is 20.7. The number of halogens is 3. The molecule has 0 aliphatic carbocycles. The molecular weight excluding hydrogens is 439 g/mol. The Balaban J connectivity index is 2.23. The molecule has 0 aliphatic rings. The van der Waals surface area contributed by atoms with Crippen LogP contribution in [0.4, 0.5) is 0 Å². The zero-order valence-corrected chi connectivity index (χ0v) is 17.5. The molecule has 0 aromatic heterocycles. The summed E-state index contributed by atoms with van der Waals surface area (Å²) >= 11 is 15.4. The first-order chi connectivity index (χ1) is 12.3. The molecule has 2 aromatic carbocycles. The van der Waals surface area contributed by atoms with E-state index in [9.17, 15) is 9.59 Å². The largest absolute Gasteiger partial charge is 0.357 e. The van der Waals surface area contributed by atoms with Gasteiger partial charge in [-0.2, -0.15) is 0 Å². The summed E-state index contributed by atoms with van der Waals surface area (Å²) < 4.78 is 0.953. The summed E-state index contributed by atoms with van der Waals surface area (Å²) in [5.74, 6) is -0.382. The summed E-state index contributed by atoms with van der Waals surface area (Å²) in [6.07, 6.45) is 0.134. The Hall–Kier alpha value is -1.56. The maximum absolute atomic E-state index is 12.9. The average molecular weight is 458 g/mol. The minimum absolute atomic E-state index is 0.134. The summed E-state index contributed by atoms with van der Waals surface area (Å²) in [5, 5.41) is 3.43. The van der Waals surface area contributed by atoms with Crippen molar-refractivity contribution in [2.24, 2.45) is 0 Å². The van der Waals surface area contributed by atoms with E-state index < -0.39 is 6.04 Å². The molecule has 1 N–H and O–H groups in total. The van der Waals surface area contributed by atoms with Gasteiger partial charge in [0, 0.05) is 18.1 Å². The van der Waals surface area contributed by atoms with Gasteiger partial charge in [0.1, 0.15) is 6.04 Å². The number of amides is 2. The van der Waals surface area contributed by atoms with Gasteiger partial charge in [-0.3, -0.25) is 9.59 Å². The number of nitrogens with one attached hydrogen (secondary N) is 1. The van der Waals surface area contributed by atoms with Crippen LogP contribution in [0.1, 0.15) is 18.1 Å². The van der Waals surface area contributed by atoms with Crippen molar-refractivity contribution in [1.29, 1.82) is 0 Å². The van der Waals surface area contributed by atoms with Crippen LogP contribution >= 0.6 is 39.1 Å². The van der Waals surface area contributed by atoms with Gasteiger partial charge in [0.2, 0.25) is 11.8 Å². The fourth-order valence-electron chi connectivity index (χ4n) is 2.50. The molecule has 0 unspecified atom stereocenters. The van der Waals surface area contributed by atoms with Crippen molar-refractivity contribution < 1.29 is 9.59 Å². The van der Waals surface area contributed by atoms with E-state index >= 15 is 0 Å². The lowest BCUT2D eigenvalue weighted by Crippen LogP contribution is -2.47. The molecule has 7 heteroatoms. The molecule has 138 valence electrons. The van der Waals surface area contributed by atoms with Crippen molar-refractivity contribution in [3.05, 3.63) is 68.1 Å². The van der Waals surface area contributed by atoms with Crippen LogP contribution in [0.2, 0.25) is 10.0 Å². The van der Waals surface area contributed by atoms with E-state index in [1.54, 1.807) is 37.1 Å². The molecule has 0 heterocycles. The maximum Gasteiger partial charge on any atom is 0.242 e. The third-order valence-electron chi connectivity index (χ3n) is 4.02. The Labute approximate surface area is 171 Å². The Morgan fingerprint density at radius 2 is 1.69 bits per heavy atom. The highest BCUT2D eigenvalue weighted by Crippen LogP contribution is 2.23. The molecule has 0 spiro atoms. The molecule has 0 saturated carbocycles. The molecule has 0 fully saturated rings. The second kappa shape index (κ2) is 9.40. The molecule has 1 atom stereocenters. The van der Waals surface area contributed by atoms with Crippen LogP contribution in [-0.2, 0) is 22.6 Å². The van der Waals surface area contributed by atoms with E-state index in [2.05, 4.69) is 21.2 Å². The third kappa shape index (κ3) is 5.47. The fourth-order valence-corrected chi connectivity index (χ4v) is 3.09. The Kier molecular flexibility index (Phi) is 7.50. The smallest absolute Gasteiger partial charge is 0.242 e. The fraction of sp³-hybridized carbons (Fsp3) is 0.263. The predicted molar refractivity (Wildman–Crippen MR) is 108 cm³/mol. The maximum atomic E-state index is 12.9. The van der Waals surface area contributed by atoms with Crippen molar-refractivity contribution in [3.8, 4) is 0 Å². The second-order valence-electron chi connectivity index (χ2n) is 5.86. The van der Waals surface area contributed by atoms with Gasteiger partial charge < -0.3 is 10.2 Å². The molecule has 0 aliphatic heterocycles. The number of hydrogen-bond acceptors (Lipinski definition) is 2. The Morgan fingerprint density at radius 1 is 1.08 bits per heavy atom. The quantitative estimate of drug-likeness (QED) is 0.695. The first-order valence-electron chi connectivity index (χ1n) is 8.01. The monoisotopic (exact) mass is 456 g/mol. The molecular formula is C19H19BrCl2N2O2. The standard InChI is InChI=1S/C19H19BrCl2N2O2/c1-12(19(26)23-2)24(11-13-3-6-15(20)7-4-13)18(25)10-14-5-8-16(21)17(22)9-14/h3-9,12H,10-11H2,1-2H3,(H,23,26)/t12-/m1/s1. The van der Waals surface area contributed by atoms with Gasteiger partial charge in [-0.1, -0.05) is 57.3 Å². The number of carbonyl (C=O) groups is 2. The van der Waals surface area contributed by atoms with Crippen LogP contribution in [0.15, 0.2) is 46.9 Å².